The molecule has 0 spiro atoms. The molecular formula is C13H14O2S. The van der Waals surface area contributed by atoms with Crippen molar-refractivity contribution in [2.45, 2.75) is 25.7 Å². The van der Waals surface area contributed by atoms with Crippen molar-refractivity contribution >= 4 is 28.5 Å². The number of Topliss-reactive ketones (excluding diaryl/α,β-unsaturated/α-hetero) is 1. The van der Waals surface area contributed by atoms with Crippen LogP contribution >= 0.6 is 11.8 Å². The molecular weight excluding hydrogens is 220 g/mol. The molecule has 0 saturated heterocycles. The molecule has 0 fully saturated rings. The lowest BCUT2D eigenvalue weighted by atomic mass is 10.1. The van der Waals surface area contributed by atoms with E-state index in [0.717, 1.165) is 22.3 Å². The molecule has 0 aliphatic heterocycles. The molecule has 0 N–H and O–H groups in total. The lowest BCUT2D eigenvalue weighted by Crippen LogP contribution is -1.90. The summed E-state index contributed by atoms with van der Waals surface area (Å²) in [6.07, 6.45) is 0. The van der Waals surface area contributed by atoms with Gasteiger partial charge in [0.2, 0.25) is 0 Å². The van der Waals surface area contributed by atoms with Crippen LogP contribution in [0.1, 0.15) is 30.0 Å². The standard InChI is InChI=1S/C13H14O2S/c1-4-16-10-5-6-11-8(2)13(9(3)14)15-12(11)7-10/h5-7H,4H2,1-3H3. The van der Waals surface area contributed by atoms with Gasteiger partial charge in [0.15, 0.2) is 11.5 Å². The molecule has 2 nitrogen and oxygen atoms in total. The first kappa shape index (κ1) is 11.3. The molecule has 16 heavy (non-hydrogen) atoms. The number of furan rings is 1. The summed E-state index contributed by atoms with van der Waals surface area (Å²) in [5.41, 5.74) is 1.75. The summed E-state index contributed by atoms with van der Waals surface area (Å²) in [4.78, 5) is 12.5. The van der Waals surface area contributed by atoms with E-state index >= 15 is 0 Å². The van der Waals surface area contributed by atoms with E-state index in [1.165, 1.54) is 11.8 Å². The number of fused-ring (bicyclic) bond motifs is 1. The van der Waals surface area contributed by atoms with Gasteiger partial charge in [-0.25, -0.2) is 0 Å². The highest BCUT2D eigenvalue weighted by Crippen LogP contribution is 2.29. The molecule has 0 aliphatic rings. The molecule has 0 saturated carbocycles. The maximum atomic E-state index is 11.3. The van der Waals surface area contributed by atoms with Gasteiger partial charge in [0, 0.05) is 22.8 Å². The predicted molar refractivity (Wildman–Crippen MR) is 67.4 cm³/mol. The second-order valence-corrected chi connectivity index (χ2v) is 5.04. The van der Waals surface area contributed by atoms with Crippen molar-refractivity contribution in [3.8, 4) is 0 Å². The van der Waals surface area contributed by atoms with E-state index < -0.39 is 0 Å². The number of carbonyl (C=O) groups is 1. The predicted octanol–water partition coefficient (Wildman–Crippen LogP) is 4.06. The Kier molecular flexibility index (Phi) is 3.06. The van der Waals surface area contributed by atoms with Gasteiger partial charge in [0.25, 0.3) is 0 Å². The van der Waals surface area contributed by atoms with Crippen LogP contribution in [0.15, 0.2) is 27.5 Å². The zero-order valence-electron chi connectivity index (χ0n) is 9.66. The van der Waals surface area contributed by atoms with Crippen LogP contribution in [0.4, 0.5) is 0 Å². The zero-order valence-corrected chi connectivity index (χ0v) is 10.5. The Hall–Kier alpha value is -1.22. The minimum absolute atomic E-state index is 0.0154. The fourth-order valence-corrected chi connectivity index (χ4v) is 2.49. The summed E-state index contributed by atoms with van der Waals surface area (Å²) >= 11 is 1.77. The number of rotatable bonds is 3. The van der Waals surface area contributed by atoms with E-state index in [0.29, 0.717) is 5.76 Å². The Bertz CT molecular complexity index is 540. The van der Waals surface area contributed by atoms with Crippen LogP contribution in [0, 0.1) is 6.92 Å². The highest BCUT2D eigenvalue weighted by molar-refractivity contribution is 7.99. The SMILES string of the molecule is CCSc1ccc2c(C)c(C(C)=O)oc2c1. The largest absolute Gasteiger partial charge is 0.453 e. The van der Waals surface area contributed by atoms with Gasteiger partial charge < -0.3 is 4.42 Å². The summed E-state index contributed by atoms with van der Waals surface area (Å²) in [5, 5.41) is 1.03. The number of ketones is 1. The van der Waals surface area contributed by atoms with Gasteiger partial charge in [-0.05, 0) is 30.9 Å². The number of benzene rings is 1. The van der Waals surface area contributed by atoms with Gasteiger partial charge in [-0.1, -0.05) is 6.92 Å². The molecule has 1 aromatic heterocycles. The first-order chi connectivity index (χ1) is 7.63. The molecule has 84 valence electrons. The van der Waals surface area contributed by atoms with Crippen LogP contribution in [0.25, 0.3) is 11.0 Å². The van der Waals surface area contributed by atoms with Crippen LogP contribution in [-0.2, 0) is 0 Å². The summed E-state index contributed by atoms with van der Waals surface area (Å²) < 4.78 is 5.58. The van der Waals surface area contributed by atoms with E-state index in [1.54, 1.807) is 11.8 Å². The fourth-order valence-electron chi connectivity index (χ4n) is 1.80. The molecule has 0 unspecified atom stereocenters. The first-order valence-electron chi connectivity index (χ1n) is 5.30. The van der Waals surface area contributed by atoms with Crippen molar-refractivity contribution in [2.75, 3.05) is 5.75 Å². The summed E-state index contributed by atoms with van der Waals surface area (Å²) in [7, 11) is 0. The van der Waals surface area contributed by atoms with E-state index in [9.17, 15) is 4.79 Å². The Labute approximate surface area is 99.0 Å². The van der Waals surface area contributed by atoms with Gasteiger partial charge in [0.05, 0.1) is 0 Å². The minimum atomic E-state index is -0.0154. The second-order valence-electron chi connectivity index (χ2n) is 3.70. The van der Waals surface area contributed by atoms with Crippen molar-refractivity contribution in [3.63, 3.8) is 0 Å². The Balaban J connectivity index is 2.58. The van der Waals surface area contributed by atoms with Crippen molar-refractivity contribution in [1.29, 1.82) is 0 Å². The smallest absolute Gasteiger partial charge is 0.195 e. The number of aryl methyl sites for hydroxylation is 1. The Morgan fingerprint density at radius 1 is 1.44 bits per heavy atom. The van der Waals surface area contributed by atoms with E-state index in [4.69, 9.17) is 4.42 Å². The van der Waals surface area contributed by atoms with Gasteiger partial charge in [-0.3, -0.25) is 4.79 Å². The number of carbonyl (C=O) groups excluding carboxylic acids is 1. The molecule has 0 amide bonds. The van der Waals surface area contributed by atoms with Crippen LogP contribution < -0.4 is 0 Å². The first-order valence-corrected chi connectivity index (χ1v) is 6.29. The highest BCUT2D eigenvalue weighted by Gasteiger charge is 2.13. The molecule has 0 aliphatic carbocycles. The molecule has 0 radical (unpaired) electrons. The molecule has 0 atom stereocenters. The highest BCUT2D eigenvalue weighted by atomic mass is 32.2. The number of hydrogen-bond donors (Lipinski definition) is 0. The lowest BCUT2D eigenvalue weighted by molar-refractivity contribution is 0.0988. The van der Waals surface area contributed by atoms with Crippen LogP contribution in [0.2, 0.25) is 0 Å². The molecule has 1 heterocycles. The molecule has 0 bridgehead atoms. The number of thioether (sulfide) groups is 1. The summed E-state index contributed by atoms with van der Waals surface area (Å²) in [5.74, 6) is 1.50. The van der Waals surface area contributed by atoms with Gasteiger partial charge in [0.1, 0.15) is 5.58 Å². The third kappa shape index (κ3) is 1.87. The summed E-state index contributed by atoms with van der Waals surface area (Å²) in [6, 6.07) is 6.10. The summed E-state index contributed by atoms with van der Waals surface area (Å²) in [6.45, 7) is 5.57. The maximum Gasteiger partial charge on any atom is 0.195 e. The fraction of sp³-hybridized carbons (Fsp3) is 0.308. The van der Waals surface area contributed by atoms with Crippen LogP contribution in [0.5, 0.6) is 0 Å². The molecule has 3 heteroatoms. The van der Waals surface area contributed by atoms with E-state index in [2.05, 4.69) is 13.0 Å². The molecule has 2 rings (SSSR count). The zero-order chi connectivity index (χ0) is 11.7. The monoisotopic (exact) mass is 234 g/mol. The number of hydrogen-bond acceptors (Lipinski definition) is 3. The Morgan fingerprint density at radius 2 is 2.19 bits per heavy atom. The van der Waals surface area contributed by atoms with Crippen molar-refractivity contribution in [3.05, 3.63) is 29.5 Å². The third-order valence-electron chi connectivity index (χ3n) is 2.54. The van der Waals surface area contributed by atoms with Crippen LogP contribution in [-0.4, -0.2) is 11.5 Å². The Morgan fingerprint density at radius 3 is 2.81 bits per heavy atom. The van der Waals surface area contributed by atoms with Crippen molar-refractivity contribution in [1.82, 2.24) is 0 Å². The maximum absolute atomic E-state index is 11.3. The quantitative estimate of drug-likeness (QED) is 0.592. The molecule has 2 aromatic rings. The average Bonchev–Trinajstić information content (AvgIpc) is 2.56. The van der Waals surface area contributed by atoms with E-state index in [1.807, 2.05) is 19.1 Å². The van der Waals surface area contributed by atoms with E-state index in [-0.39, 0.29) is 5.78 Å². The third-order valence-corrected chi connectivity index (χ3v) is 3.42. The van der Waals surface area contributed by atoms with Gasteiger partial charge in [-0.2, -0.15) is 0 Å². The van der Waals surface area contributed by atoms with Crippen LogP contribution in [0.3, 0.4) is 0 Å². The van der Waals surface area contributed by atoms with Crippen molar-refractivity contribution in [2.24, 2.45) is 0 Å². The average molecular weight is 234 g/mol. The second kappa shape index (κ2) is 4.34. The lowest BCUT2D eigenvalue weighted by Gasteiger charge is -1.97. The molecule has 1 aromatic carbocycles. The van der Waals surface area contributed by atoms with Crippen molar-refractivity contribution < 1.29 is 9.21 Å². The van der Waals surface area contributed by atoms with Gasteiger partial charge in [-0.15, -0.1) is 11.8 Å². The van der Waals surface area contributed by atoms with Gasteiger partial charge >= 0.3 is 0 Å². The normalized spacial score (nSPS) is 10.9. The topological polar surface area (TPSA) is 30.2 Å². The minimum Gasteiger partial charge on any atom is -0.453 e.